The Hall–Kier alpha value is -1.35. The number of nitrogens with one attached hydrogen (secondary N) is 1. The Balaban J connectivity index is 2.26. The zero-order valence-corrected chi connectivity index (χ0v) is 13.2. The van der Waals surface area contributed by atoms with Crippen molar-refractivity contribution in [3.8, 4) is 0 Å². The third-order valence-electron chi connectivity index (χ3n) is 4.37. The topological polar surface area (TPSA) is 29.9 Å². The number of para-hydroxylation sites is 2. The number of fused-ring (bicyclic) bond motifs is 1. The van der Waals surface area contributed by atoms with Crippen molar-refractivity contribution in [3.63, 3.8) is 0 Å². The molecule has 0 aliphatic rings. The van der Waals surface area contributed by atoms with Crippen LogP contribution in [0.4, 0.5) is 0 Å². The van der Waals surface area contributed by atoms with Crippen molar-refractivity contribution in [2.24, 2.45) is 13.0 Å². The molecule has 2 rings (SSSR count). The largest absolute Gasteiger partial charge is 0.331 e. The smallest absolute Gasteiger partial charge is 0.111 e. The minimum Gasteiger partial charge on any atom is -0.331 e. The Kier molecular flexibility index (Phi) is 5.18. The molecule has 0 aliphatic carbocycles. The molecule has 0 spiro atoms. The highest BCUT2D eigenvalue weighted by atomic mass is 15.1. The molecule has 1 unspecified atom stereocenters. The summed E-state index contributed by atoms with van der Waals surface area (Å²) < 4.78 is 2.24. The zero-order chi connectivity index (χ0) is 14.5. The van der Waals surface area contributed by atoms with E-state index in [1.54, 1.807) is 0 Å². The van der Waals surface area contributed by atoms with Crippen molar-refractivity contribution >= 4 is 11.0 Å². The summed E-state index contributed by atoms with van der Waals surface area (Å²) in [6, 6.07) is 8.90. The molecule has 1 atom stereocenters. The number of aryl methyl sites for hydroxylation is 1. The number of rotatable bonds is 7. The van der Waals surface area contributed by atoms with Gasteiger partial charge in [0.2, 0.25) is 0 Å². The van der Waals surface area contributed by atoms with E-state index in [-0.39, 0.29) is 0 Å². The predicted molar refractivity (Wildman–Crippen MR) is 86.0 cm³/mol. The molecule has 3 nitrogen and oxygen atoms in total. The van der Waals surface area contributed by atoms with Crippen LogP contribution in [-0.2, 0) is 13.5 Å². The van der Waals surface area contributed by atoms with Crippen LogP contribution in [0.3, 0.4) is 0 Å². The first-order valence-electron chi connectivity index (χ1n) is 7.84. The number of hydrogen-bond donors (Lipinski definition) is 1. The van der Waals surface area contributed by atoms with E-state index in [0.717, 1.165) is 24.4 Å². The Bertz CT molecular complexity index is 540. The summed E-state index contributed by atoms with van der Waals surface area (Å²) in [5, 5.41) is 3.65. The van der Waals surface area contributed by atoms with Crippen LogP contribution in [0, 0.1) is 5.92 Å². The molecule has 20 heavy (non-hydrogen) atoms. The number of imidazole rings is 1. The lowest BCUT2D eigenvalue weighted by atomic mass is 9.91. The molecular weight excluding hydrogens is 246 g/mol. The number of benzene rings is 1. The molecule has 0 amide bonds. The van der Waals surface area contributed by atoms with Crippen LogP contribution in [-0.4, -0.2) is 22.1 Å². The maximum absolute atomic E-state index is 4.81. The molecule has 0 fully saturated rings. The van der Waals surface area contributed by atoms with Crippen LogP contribution >= 0.6 is 0 Å². The van der Waals surface area contributed by atoms with E-state index in [4.69, 9.17) is 4.98 Å². The van der Waals surface area contributed by atoms with E-state index < -0.39 is 0 Å². The second-order valence-electron chi connectivity index (χ2n) is 5.52. The molecule has 0 bridgehead atoms. The first kappa shape index (κ1) is 15.0. The summed E-state index contributed by atoms with van der Waals surface area (Å²) in [5.41, 5.74) is 2.33. The SMILES string of the molecule is CCNC(Cc1nc2ccccc2n1C)C(CC)CC. The second kappa shape index (κ2) is 6.89. The van der Waals surface area contributed by atoms with Gasteiger partial charge in [-0.2, -0.15) is 0 Å². The normalized spacial score (nSPS) is 13.2. The summed E-state index contributed by atoms with van der Waals surface area (Å²) in [5.74, 6) is 1.90. The quantitative estimate of drug-likeness (QED) is 0.836. The van der Waals surface area contributed by atoms with Gasteiger partial charge in [-0.1, -0.05) is 45.7 Å². The average Bonchev–Trinajstić information content (AvgIpc) is 2.78. The standard InChI is InChI=1S/C17H27N3/c1-5-13(6-2)15(18-7-3)12-17-19-14-10-8-9-11-16(14)20(17)4/h8-11,13,15,18H,5-7,12H2,1-4H3. The maximum Gasteiger partial charge on any atom is 0.111 e. The van der Waals surface area contributed by atoms with Gasteiger partial charge in [0.25, 0.3) is 0 Å². The van der Waals surface area contributed by atoms with Crippen molar-refractivity contribution in [1.82, 2.24) is 14.9 Å². The van der Waals surface area contributed by atoms with Crippen LogP contribution < -0.4 is 5.32 Å². The monoisotopic (exact) mass is 273 g/mol. The van der Waals surface area contributed by atoms with E-state index in [2.05, 4.69) is 62.0 Å². The molecule has 1 heterocycles. The molecule has 1 N–H and O–H groups in total. The van der Waals surface area contributed by atoms with Crippen molar-refractivity contribution in [3.05, 3.63) is 30.1 Å². The molecule has 110 valence electrons. The van der Waals surface area contributed by atoms with Crippen LogP contribution in [0.1, 0.15) is 39.4 Å². The van der Waals surface area contributed by atoms with Gasteiger partial charge in [-0.15, -0.1) is 0 Å². The van der Waals surface area contributed by atoms with E-state index in [1.807, 2.05) is 0 Å². The van der Waals surface area contributed by atoms with E-state index >= 15 is 0 Å². The molecule has 0 saturated heterocycles. The van der Waals surface area contributed by atoms with Gasteiger partial charge in [0, 0.05) is 19.5 Å². The fourth-order valence-corrected chi connectivity index (χ4v) is 3.10. The van der Waals surface area contributed by atoms with Gasteiger partial charge in [-0.3, -0.25) is 0 Å². The minimum absolute atomic E-state index is 0.519. The number of aromatic nitrogens is 2. The van der Waals surface area contributed by atoms with E-state index in [1.165, 1.54) is 24.2 Å². The molecule has 2 aromatic rings. The third kappa shape index (κ3) is 3.04. The van der Waals surface area contributed by atoms with Gasteiger partial charge in [0.1, 0.15) is 5.82 Å². The summed E-state index contributed by atoms with van der Waals surface area (Å²) in [6.45, 7) is 7.77. The second-order valence-corrected chi connectivity index (χ2v) is 5.52. The zero-order valence-electron chi connectivity index (χ0n) is 13.2. The Morgan fingerprint density at radius 2 is 1.85 bits per heavy atom. The number of nitrogens with zero attached hydrogens (tertiary/aromatic N) is 2. The van der Waals surface area contributed by atoms with Crippen molar-refractivity contribution in [2.45, 2.75) is 46.1 Å². The average molecular weight is 273 g/mol. The highest BCUT2D eigenvalue weighted by molar-refractivity contribution is 5.75. The van der Waals surface area contributed by atoms with Crippen LogP contribution in [0.25, 0.3) is 11.0 Å². The molecule has 0 saturated carbocycles. The summed E-state index contributed by atoms with van der Waals surface area (Å²) in [7, 11) is 2.13. The van der Waals surface area contributed by atoms with Gasteiger partial charge >= 0.3 is 0 Å². The van der Waals surface area contributed by atoms with Gasteiger partial charge in [-0.25, -0.2) is 4.98 Å². The molecule has 1 aromatic carbocycles. The fraction of sp³-hybridized carbons (Fsp3) is 0.588. The first-order valence-corrected chi connectivity index (χ1v) is 7.84. The molecule has 0 radical (unpaired) electrons. The lowest BCUT2D eigenvalue weighted by Crippen LogP contribution is -2.38. The Labute approximate surface area is 122 Å². The van der Waals surface area contributed by atoms with Gasteiger partial charge < -0.3 is 9.88 Å². The van der Waals surface area contributed by atoms with Crippen LogP contribution in [0.2, 0.25) is 0 Å². The lowest BCUT2D eigenvalue weighted by Gasteiger charge is -2.25. The van der Waals surface area contributed by atoms with Gasteiger partial charge in [-0.05, 0) is 24.6 Å². The van der Waals surface area contributed by atoms with E-state index in [0.29, 0.717) is 6.04 Å². The Morgan fingerprint density at radius 3 is 2.45 bits per heavy atom. The molecule has 0 aliphatic heterocycles. The Morgan fingerprint density at radius 1 is 1.15 bits per heavy atom. The maximum atomic E-state index is 4.81. The molecule has 1 aromatic heterocycles. The highest BCUT2D eigenvalue weighted by Gasteiger charge is 2.20. The number of hydrogen-bond acceptors (Lipinski definition) is 2. The minimum atomic E-state index is 0.519. The van der Waals surface area contributed by atoms with Crippen molar-refractivity contribution in [2.75, 3.05) is 6.54 Å². The van der Waals surface area contributed by atoms with Gasteiger partial charge in [0.05, 0.1) is 11.0 Å². The van der Waals surface area contributed by atoms with Crippen molar-refractivity contribution in [1.29, 1.82) is 0 Å². The van der Waals surface area contributed by atoms with E-state index in [9.17, 15) is 0 Å². The van der Waals surface area contributed by atoms with Crippen LogP contribution in [0.5, 0.6) is 0 Å². The molecular formula is C17H27N3. The fourth-order valence-electron chi connectivity index (χ4n) is 3.10. The predicted octanol–water partition coefficient (Wildman–Crippen LogP) is 3.53. The van der Waals surface area contributed by atoms with Crippen molar-refractivity contribution < 1.29 is 0 Å². The summed E-state index contributed by atoms with van der Waals surface area (Å²) in [6.07, 6.45) is 3.45. The third-order valence-corrected chi connectivity index (χ3v) is 4.37. The highest BCUT2D eigenvalue weighted by Crippen LogP contribution is 2.20. The molecule has 3 heteroatoms. The summed E-state index contributed by atoms with van der Waals surface area (Å²) in [4.78, 5) is 4.81. The van der Waals surface area contributed by atoms with Gasteiger partial charge in [0.15, 0.2) is 0 Å². The number of likely N-dealkylation sites (N-methyl/N-ethyl adjacent to an activating group) is 1. The lowest BCUT2D eigenvalue weighted by molar-refractivity contribution is 0.331. The summed E-state index contributed by atoms with van der Waals surface area (Å²) >= 11 is 0. The van der Waals surface area contributed by atoms with Crippen LogP contribution in [0.15, 0.2) is 24.3 Å². The first-order chi connectivity index (χ1) is 9.71.